The third-order valence-electron chi connectivity index (χ3n) is 6.63. The van der Waals surface area contributed by atoms with Crippen LogP contribution < -0.4 is 5.32 Å². The summed E-state index contributed by atoms with van der Waals surface area (Å²) in [4.78, 5) is 16.2. The maximum atomic E-state index is 12.1. The number of thioether (sulfide) groups is 1. The van der Waals surface area contributed by atoms with Crippen molar-refractivity contribution in [1.82, 2.24) is 19.7 Å². The van der Waals surface area contributed by atoms with Crippen molar-refractivity contribution in [3.8, 4) is 0 Å². The highest BCUT2D eigenvalue weighted by Gasteiger charge is 2.51. The lowest BCUT2D eigenvalue weighted by atomic mass is 9.49. The van der Waals surface area contributed by atoms with Crippen molar-refractivity contribution in [2.24, 2.45) is 30.2 Å². The van der Waals surface area contributed by atoms with E-state index in [2.05, 4.69) is 25.1 Å². The lowest BCUT2D eigenvalue weighted by molar-refractivity contribution is -0.113. The SMILES string of the molecule is Cn1c(CC23CC4CC(CC(C4)C2)C3)nnc1SCC(=O)Nc1nccs1. The van der Waals surface area contributed by atoms with Crippen molar-refractivity contribution in [2.45, 2.75) is 50.1 Å². The van der Waals surface area contributed by atoms with Crippen LogP contribution >= 0.6 is 23.1 Å². The van der Waals surface area contributed by atoms with Gasteiger partial charge in [0, 0.05) is 25.0 Å². The second-order valence-corrected chi connectivity index (χ2v) is 10.6. The third-order valence-corrected chi connectivity index (χ3v) is 8.34. The molecule has 4 saturated carbocycles. The molecule has 4 fully saturated rings. The maximum Gasteiger partial charge on any atom is 0.236 e. The summed E-state index contributed by atoms with van der Waals surface area (Å²) in [5, 5.41) is 15.0. The van der Waals surface area contributed by atoms with E-state index in [1.54, 1.807) is 6.20 Å². The van der Waals surface area contributed by atoms with E-state index in [1.807, 2.05) is 12.4 Å². The minimum absolute atomic E-state index is 0.0550. The lowest BCUT2D eigenvalue weighted by Crippen LogP contribution is -2.47. The zero-order valence-corrected chi connectivity index (χ0v) is 17.2. The van der Waals surface area contributed by atoms with Gasteiger partial charge in [0.1, 0.15) is 5.82 Å². The van der Waals surface area contributed by atoms with Crippen molar-refractivity contribution >= 4 is 34.1 Å². The van der Waals surface area contributed by atoms with Gasteiger partial charge in [-0.1, -0.05) is 11.8 Å². The van der Waals surface area contributed by atoms with Crippen LogP contribution in [0.2, 0.25) is 0 Å². The molecule has 0 atom stereocenters. The van der Waals surface area contributed by atoms with Gasteiger partial charge in [0.2, 0.25) is 5.91 Å². The molecule has 0 aliphatic heterocycles. The number of aromatic nitrogens is 4. The summed E-state index contributed by atoms with van der Waals surface area (Å²) in [5.74, 6) is 4.21. The van der Waals surface area contributed by atoms with Crippen LogP contribution in [0.25, 0.3) is 0 Å². The molecule has 2 aromatic heterocycles. The van der Waals surface area contributed by atoms with E-state index in [-0.39, 0.29) is 5.91 Å². The molecule has 144 valence electrons. The van der Waals surface area contributed by atoms with E-state index < -0.39 is 0 Å². The third kappa shape index (κ3) is 3.53. The van der Waals surface area contributed by atoms with Gasteiger partial charge < -0.3 is 9.88 Å². The Morgan fingerprint density at radius 3 is 2.59 bits per heavy atom. The Hall–Kier alpha value is -1.41. The first-order valence-corrected chi connectivity index (χ1v) is 11.7. The average Bonchev–Trinajstić information content (AvgIpc) is 3.23. The Bertz CT molecular complexity index is 796. The molecule has 1 amide bonds. The molecule has 6 nitrogen and oxygen atoms in total. The maximum absolute atomic E-state index is 12.1. The fourth-order valence-corrected chi connectivity index (χ4v) is 7.31. The first-order valence-electron chi connectivity index (χ1n) is 9.79. The first-order chi connectivity index (χ1) is 13.1. The van der Waals surface area contributed by atoms with Crippen LogP contribution in [0, 0.1) is 23.2 Å². The summed E-state index contributed by atoms with van der Waals surface area (Å²) in [6, 6.07) is 0. The molecule has 2 heterocycles. The highest BCUT2D eigenvalue weighted by Crippen LogP contribution is 2.60. The molecule has 4 aliphatic rings. The van der Waals surface area contributed by atoms with E-state index in [0.29, 0.717) is 16.3 Å². The number of thiazole rings is 1. The van der Waals surface area contributed by atoms with E-state index >= 15 is 0 Å². The van der Waals surface area contributed by atoms with E-state index in [9.17, 15) is 4.79 Å². The van der Waals surface area contributed by atoms with Gasteiger partial charge in [-0.05, 0) is 61.7 Å². The van der Waals surface area contributed by atoms with Gasteiger partial charge >= 0.3 is 0 Å². The molecule has 0 radical (unpaired) electrons. The minimum Gasteiger partial charge on any atom is -0.309 e. The number of anilines is 1. The van der Waals surface area contributed by atoms with E-state index in [4.69, 9.17) is 0 Å². The van der Waals surface area contributed by atoms with Crippen LogP contribution in [-0.4, -0.2) is 31.4 Å². The molecule has 27 heavy (non-hydrogen) atoms. The smallest absolute Gasteiger partial charge is 0.236 e. The number of carbonyl (C=O) groups is 1. The Kier molecular flexibility index (Phi) is 4.50. The van der Waals surface area contributed by atoms with Gasteiger partial charge in [-0.2, -0.15) is 0 Å². The molecular weight excluding hydrogens is 378 g/mol. The van der Waals surface area contributed by atoms with E-state index in [0.717, 1.165) is 35.2 Å². The molecule has 4 aliphatic carbocycles. The number of rotatable bonds is 6. The van der Waals surface area contributed by atoms with Crippen LogP contribution in [0.1, 0.15) is 44.3 Å². The van der Waals surface area contributed by atoms with Gasteiger partial charge in [-0.15, -0.1) is 21.5 Å². The fraction of sp³-hybridized carbons (Fsp3) is 0.684. The molecule has 2 aromatic rings. The minimum atomic E-state index is -0.0550. The number of amides is 1. The van der Waals surface area contributed by atoms with Crippen molar-refractivity contribution in [2.75, 3.05) is 11.1 Å². The molecule has 0 aromatic carbocycles. The lowest BCUT2D eigenvalue weighted by Gasteiger charge is -2.56. The Morgan fingerprint density at radius 2 is 1.96 bits per heavy atom. The monoisotopic (exact) mass is 403 g/mol. The van der Waals surface area contributed by atoms with Gasteiger partial charge in [0.25, 0.3) is 0 Å². The standard InChI is InChI=1S/C19H25N5OS2/c1-24-15(10-19-7-12-4-13(8-19)6-14(5-12)9-19)22-23-18(24)27-11-16(25)21-17-20-2-3-26-17/h2-3,12-14H,4-11H2,1H3,(H,20,21,25). The summed E-state index contributed by atoms with van der Waals surface area (Å²) in [6.07, 6.45) is 11.3. The molecule has 4 bridgehead atoms. The molecular formula is C19H25N5OS2. The molecule has 6 rings (SSSR count). The Balaban J connectivity index is 1.22. The largest absolute Gasteiger partial charge is 0.309 e. The second-order valence-electron chi connectivity index (χ2n) is 8.73. The van der Waals surface area contributed by atoms with Crippen LogP contribution in [0.15, 0.2) is 16.7 Å². The molecule has 0 unspecified atom stereocenters. The van der Waals surface area contributed by atoms with Crippen LogP contribution in [0.5, 0.6) is 0 Å². The summed E-state index contributed by atoms with van der Waals surface area (Å²) in [7, 11) is 2.04. The highest BCUT2D eigenvalue weighted by molar-refractivity contribution is 7.99. The summed E-state index contributed by atoms with van der Waals surface area (Å²) in [6.45, 7) is 0. The number of hydrogen-bond donors (Lipinski definition) is 1. The highest BCUT2D eigenvalue weighted by atomic mass is 32.2. The fourth-order valence-electron chi connectivity index (χ4n) is 6.04. The van der Waals surface area contributed by atoms with Gasteiger partial charge in [-0.3, -0.25) is 4.79 Å². The van der Waals surface area contributed by atoms with Crippen molar-refractivity contribution < 1.29 is 4.79 Å². The number of nitrogens with one attached hydrogen (secondary N) is 1. The molecule has 0 saturated heterocycles. The van der Waals surface area contributed by atoms with Gasteiger partial charge in [-0.25, -0.2) is 4.98 Å². The second kappa shape index (κ2) is 6.88. The first kappa shape index (κ1) is 17.7. The predicted molar refractivity (Wildman–Crippen MR) is 107 cm³/mol. The van der Waals surface area contributed by atoms with Crippen LogP contribution in [-0.2, 0) is 18.3 Å². The number of carbonyl (C=O) groups excluding carboxylic acids is 1. The summed E-state index contributed by atoms with van der Waals surface area (Å²) in [5.41, 5.74) is 0.458. The van der Waals surface area contributed by atoms with Crippen molar-refractivity contribution in [1.29, 1.82) is 0 Å². The zero-order valence-electron chi connectivity index (χ0n) is 15.6. The van der Waals surface area contributed by atoms with Gasteiger partial charge in [0.15, 0.2) is 10.3 Å². The summed E-state index contributed by atoms with van der Waals surface area (Å²) >= 11 is 2.87. The van der Waals surface area contributed by atoms with Crippen molar-refractivity contribution in [3.05, 3.63) is 17.4 Å². The quantitative estimate of drug-likeness (QED) is 0.744. The molecule has 8 heteroatoms. The summed E-state index contributed by atoms with van der Waals surface area (Å²) < 4.78 is 2.10. The van der Waals surface area contributed by atoms with Gasteiger partial charge in [0.05, 0.1) is 5.75 Å². The zero-order chi connectivity index (χ0) is 18.4. The van der Waals surface area contributed by atoms with Crippen LogP contribution in [0.3, 0.4) is 0 Å². The molecule has 1 N–H and O–H groups in total. The average molecular weight is 404 g/mol. The number of nitrogens with zero attached hydrogens (tertiary/aromatic N) is 4. The normalized spacial score (nSPS) is 31.4. The van der Waals surface area contributed by atoms with E-state index in [1.165, 1.54) is 61.6 Å². The van der Waals surface area contributed by atoms with Crippen LogP contribution in [0.4, 0.5) is 5.13 Å². The predicted octanol–water partition coefficient (Wildman–Crippen LogP) is 3.76. The topological polar surface area (TPSA) is 72.7 Å². The number of hydrogen-bond acceptors (Lipinski definition) is 6. The Labute approximate surface area is 167 Å². The Morgan fingerprint density at radius 1 is 1.26 bits per heavy atom. The van der Waals surface area contributed by atoms with Crippen molar-refractivity contribution in [3.63, 3.8) is 0 Å². The molecule has 0 spiro atoms.